The molecule has 1 amide bonds. The molecule has 0 bridgehead atoms. The van der Waals surface area contributed by atoms with Crippen molar-refractivity contribution in [1.29, 1.82) is 0 Å². The van der Waals surface area contributed by atoms with Gasteiger partial charge in [0.1, 0.15) is 17.1 Å². The Bertz CT molecular complexity index is 1280. The van der Waals surface area contributed by atoms with Crippen molar-refractivity contribution >= 4 is 28.3 Å². The standard InChI is InChI=1S/C27H27F3N2O3/c1-25(13-9-17(33)10-14-25)24(34)32-23-16-31-22-8-7-18(15-19(22)23)35-26(11-4-12-26)20-5-2-3-6-21(20)27(28,29)30/h2-3,5-8,15-16,31H,4,9-14H2,1H3,(H,32,34). The summed E-state index contributed by atoms with van der Waals surface area (Å²) in [5, 5.41) is 3.70. The van der Waals surface area contributed by atoms with Crippen LogP contribution in [0.2, 0.25) is 0 Å². The number of fused-ring (bicyclic) bond motifs is 1. The average molecular weight is 485 g/mol. The fourth-order valence-electron chi connectivity index (χ4n) is 5.12. The number of carbonyl (C=O) groups excluding carboxylic acids is 2. The van der Waals surface area contributed by atoms with Crippen LogP contribution >= 0.6 is 0 Å². The van der Waals surface area contributed by atoms with E-state index < -0.39 is 22.8 Å². The Morgan fingerprint density at radius 1 is 1.06 bits per heavy atom. The summed E-state index contributed by atoms with van der Waals surface area (Å²) in [6, 6.07) is 10.9. The molecule has 0 radical (unpaired) electrons. The number of hydrogen-bond acceptors (Lipinski definition) is 3. The van der Waals surface area contributed by atoms with E-state index in [1.54, 1.807) is 30.5 Å². The molecule has 1 aromatic heterocycles. The molecule has 5 rings (SSSR count). The first-order chi connectivity index (χ1) is 16.6. The number of anilines is 1. The summed E-state index contributed by atoms with van der Waals surface area (Å²) < 4.78 is 47.4. The van der Waals surface area contributed by atoms with Crippen molar-refractivity contribution in [2.75, 3.05) is 5.32 Å². The number of ether oxygens (including phenoxy) is 1. The Labute approximate surface area is 201 Å². The van der Waals surface area contributed by atoms with Crippen LogP contribution in [0, 0.1) is 5.41 Å². The van der Waals surface area contributed by atoms with Crippen LogP contribution in [0.3, 0.4) is 0 Å². The van der Waals surface area contributed by atoms with Crippen LogP contribution in [0.5, 0.6) is 5.75 Å². The van der Waals surface area contributed by atoms with Crippen LogP contribution in [0.15, 0.2) is 48.7 Å². The maximum absolute atomic E-state index is 13.7. The van der Waals surface area contributed by atoms with Crippen LogP contribution < -0.4 is 10.1 Å². The van der Waals surface area contributed by atoms with Gasteiger partial charge in [0.05, 0.1) is 11.3 Å². The molecule has 1 heterocycles. The number of ketones is 1. The molecule has 2 aromatic carbocycles. The van der Waals surface area contributed by atoms with E-state index in [-0.39, 0.29) is 17.3 Å². The van der Waals surface area contributed by atoms with Gasteiger partial charge in [-0.25, -0.2) is 0 Å². The van der Waals surface area contributed by atoms with E-state index in [0.717, 1.165) is 18.0 Å². The van der Waals surface area contributed by atoms with Gasteiger partial charge >= 0.3 is 6.18 Å². The molecule has 0 aliphatic heterocycles. The number of amides is 1. The molecule has 2 N–H and O–H groups in total. The number of H-pyrrole nitrogens is 1. The smallest absolute Gasteiger partial charge is 0.416 e. The summed E-state index contributed by atoms with van der Waals surface area (Å²) in [4.78, 5) is 27.8. The zero-order chi connectivity index (χ0) is 24.8. The quantitative estimate of drug-likeness (QED) is 0.422. The number of alkyl halides is 3. The average Bonchev–Trinajstić information content (AvgIpc) is 3.20. The molecule has 2 aliphatic rings. The molecular formula is C27H27F3N2O3. The number of hydrogen-bond donors (Lipinski definition) is 2. The van der Waals surface area contributed by atoms with Crippen LogP contribution in [0.4, 0.5) is 18.9 Å². The van der Waals surface area contributed by atoms with Gasteiger partial charge in [0.25, 0.3) is 0 Å². The predicted octanol–water partition coefficient (Wildman–Crippen LogP) is 6.73. The minimum atomic E-state index is -4.47. The lowest BCUT2D eigenvalue weighted by atomic mass is 9.73. The number of benzene rings is 2. The van der Waals surface area contributed by atoms with Crippen molar-refractivity contribution < 1.29 is 27.5 Å². The van der Waals surface area contributed by atoms with Crippen molar-refractivity contribution in [2.24, 2.45) is 5.41 Å². The molecular weight excluding hydrogens is 457 g/mol. The number of halogens is 3. The van der Waals surface area contributed by atoms with Gasteiger partial charge < -0.3 is 15.0 Å². The number of nitrogens with one attached hydrogen (secondary N) is 2. The summed E-state index contributed by atoms with van der Waals surface area (Å²) in [6.45, 7) is 1.87. The lowest BCUT2D eigenvalue weighted by Gasteiger charge is -2.43. The Morgan fingerprint density at radius 3 is 2.43 bits per heavy atom. The number of Topliss-reactive ketones (excluding diaryl/α,β-unsaturated/α-hetero) is 1. The molecule has 3 aromatic rings. The number of carbonyl (C=O) groups is 2. The lowest BCUT2D eigenvalue weighted by molar-refractivity contribution is -0.141. The van der Waals surface area contributed by atoms with Crippen LogP contribution in [-0.4, -0.2) is 16.7 Å². The maximum Gasteiger partial charge on any atom is 0.416 e. The molecule has 5 nitrogen and oxygen atoms in total. The zero-order valence-corrected chi connectivity index (χ0v) is 19.4. The molecule has 0 unspecified atom stereocenters. The normalized spacial score (nSPS) is 19.3. The van der Waals surface area contributed by atoms with Gasteiger partial charge in [-0.1, -0.05) is 25.1 Å². The highest BCUT2D eigenvalue weighted by atomic mass is 19.4. The molecule has 0 atom stereocenters. The van der Waals surface area contributed by atoms with Crippen molar-refractivity contribution in [1.82, 2.24) is 4.98 Å². The first-order valence-corrected chi connectivity index (χ1v) is 11.9. The van der Waals surface area contributed by atoms with E-state index in [0.29, 0.717) is 55.3 Å². The van der Waals surface area contributed by atoms with Crippen molar-refractivity contribution in [3.05, 3.63) is 59.8 Å². The van der Waals surface area contributed by atoms with E-state index in [9.17, 15) is 22.8 Å². The highest BCUT2D eigenvalue weighted by molar-refractivity contribution is 6.04. The van der Waals surface area contributed by atoms with E-state index in [2.05, 4.69) is 10.3 Å². The van der Waals surface area contributed by atoms with Gasteiger partial charge in [-0.05, 0) is 56.4 Å². The summed E-state index contributed by atoms with van der Waals surface area (Å²) in [5.41, 5.74) is -0.831. The van der Waals surface area contributed by atoms with Crippen molar-refractivity contribution in [3.63, 3.8) is 0 Å². The number of aromatic nitrogens is 1. The molecule has 2 fully saturated rings. The second-order valence-corrected chi connectivity index (χ2v) is 9.96. The minimum absolute atomic E-state index is 0.146. The Morgan fingerprint density at radius 2 is 1.77 bits per heavy atom. The summed E-state index contributed by atoms with van der Waals surface area (Å²) in [6.07, 6.45) is 0.810. The third kappa shape index (κ3) is 4.30. The predicted molar refractivity (Wildman–Crippen MR) is 126 cm³/mol. The highest BCUT2D eigenvalue weighted by Gasteiger charge is 2.47. The minimum Gasteiger partial charge on any atom is -0.483 e. The Hall–Kier alpha value is -3.29. The third-order valence-corrected chi connectivity index (χ3v) is 7.56. The SMILES string of the molecule is CC1(C(=O)Nc2c[nH]c3ccc(OC4(c5ccccc5C(F)(F)F)CCC4)cc23)CCC(=O)CC1. The Kier molecular flexibility index (Phi) is 5.65. The van der Waals surface area contributed by atoms with E-state index in [1.807, 2.05) is 6.92 Å². The van der Waals surface area contributed by atoms with Crippen LogP contribution in [0.25, 0.3) is 10.9 Å². The van der Waals surface area contributed by atoms with Crippen LogP contribution in [0.1, 0.15) is 63.0 Å². The fourth-order valence-corrected chi connectivity index (χ4v) is 5.12. The highest BCUT2D eigenvalue weighted by Crippen LogP contribution is 2.49. The first kappa shape index (κ1) is 23.5. The second-order valence-electron chi connectivity index (χ2n) is 9.96. The molecule has 0 spiro atoms. The van der Waals surface area contributed by atoms with Crippen LogP contribution in [-0.2, 0) is 21.4 Å². The number of aromatic amines is 1. The van der Waals surface area contributed by atoms with Gasteiger partial charge in [0.2, 0.25) is 5.91 Å². The van der Waals surface area contributed by atoms with E-state index >= 15 is 0 Å². The fraction of sp³-hybridized carbons (Fsp3) is 0.407. The second kappa shape index (κ2) is 8.43. The molecule has 35 heavy (non-hydrogen) atoms. The van der Waals surface area contributed by atoms with Crippen molar-refractivity contribution in [3.8, 4) is 5.75 Å². The topological polar surface area (TPSA) is 71.2 Å². The monoisotopic (exact) mass is 484 g/mol. The van der Waals surface area contributed by atoms with Gasteiger partial charge in [0, 0.05) is 40.9 Å². The molecule has 2 saturated carbocycles. The van der Waals surface area contributed by atoms with E-state index in [1.165, 1.54) is 12.1 Å². The molecule has 8 heteroatoms. The first-order valence-electron chi connectivity index (χ1n) is 11.9. The van der Waals surface area contributed by atoms with Gasteiger partial charge in [0.15, 0.2) is 0 Å². The summed E-state index contributed by atoms with van der Waals surface area (Å²) in [7, 11) is 0. The Balaban J connectivity index is 1.42. The zero-order valence-electron chi connectivity index (χ0n) is 19.4. The van der Waals surface area contributed by atoms with E-state index in [4.69, 9.17) is 4.74 Å². The maximum atomic E-state index is 13.7. The third-order valence-electron chi connectivity index (χ3n) is 7.56. The van der Waals surface area contributed by atoms with Gasteiger partial charge in [-0.3, -0.25) is 9.59 Å². The number of rotatable bonds is 5. The largest absolute Gasteiger partial charge is 0.483 e. The lowest BCUT2D eigenvalue weighted by Crippen LogP contribution is -2.41. The molecule has 0 saturated heterocycles. The summed E-state index contributed by atoms with van der Waals surface area (Å²) in [5.74, 6) is 0.478. The summed E-state index contributed by atoms with van der Waals surface area (Å²) >= 11 is 0. The van der Waals surface area contributed by atoms with Gasteiger partial charge in [-0.15, -0.1) is 0 Å². The van der Waals surface area contributed by atoms with Crippen molar-refractivity contribution in [2.45, 2.75) is 63.6 Å². The van der Waals surface area contributed by atoms with Gasteiger partial charge in [-0.2, -0.15) is 13.2 Å². The molecule has 184 valence electrons. The molecule has 2 aliphatic carbocycles.